The number of aliphatic hydroxyl groups is 1. The Morgan fingerprint density at radius 3 is 2.57 bits per heavy atom. The maximum Gasteiger partial charge on any atom is 0.0754 e. The van der Waals surface area contributed by atoms with Crippen molar-refractivity contribution in [2.45, 2.75) is 52.3 Å². The second-order valence-corrected chi connectivity index (χ2v) is 8.27. The van der Waals surface area contributed by atoms with Crippen LogP contribution in [0, 0.1) is 16.7 Å². The van der Waals surface area contributed by atoms with Crippen LogP contribution in [-0.2, 0) is 6.54 Å². The minimum Gasteiger partial charge on any atom is -0.391 e. The van der Waals surface area contributed by atoms with E-state index in [0.29, 0.717) is 5.92 Å². The fraction of sp³-hybridized carbons (Fsp3) is 0.524. The van der Waals surface area contributed by atoms with Gasteiger partial charge >= 0.3 is 0 Å². The van der Waals surface area contributed by atoms with Crippen LogP contribution in [0.2, 0.25) is 0 Å². The van der Waals surface area contributed by atoms with Gasteiger partial charge in [-0.2, -0.15) is 0 Å². The maximum absolute atomic E-state index is 10.9. The van der Waals surface area contributed by atoms with Crippen molar-refractivity contribution in [3.05, 3.63) is 48.0 Å². The van der Waals surface area contributed by atoms with E-state index in [-0.39, 0.29) is 23.0 Å². The van der Waals surface area contributed by atoms with Crippen LogP contribution in [-0.4, -0.2) is 17.3 Å². The molecule has 2 saturated carbocycles. The molecule has 2 fully saturated rings. The zero-order valence-electron chi connectivity index (χ0n) is 14.3. The summed E-state index contributed by atoms with van der Waals surface area (Å²) in [6, 6.07) is 15.2. The van der Waals surface area contributed by atoms with Crippen LogP contribution in [0.15, 0.2) is 42.5 Å². The van der Waals surface area contributed by atoms with Crippen LogP contribution < -0.4 is 5.32 Å². The summed E-state index contributed by atoms with van der Waals surface area (Å²) in [4.78, 5) is 0. The van der Waals surface area contributed by atoms with Crippen molar-refractivity contribution in [1.29, 1.82) is 0 Å². The molecule has 0 unspecified atom stereocenters. The molecule has 0 spiro atoms. The van der Waals surface area contributed by atoms with Gasteiger partial charge < -0.3 is 10.4 Å². The lowest BCUT2D eigenvalue weighted by Gasteiger charge is -2.37. The molecular formula is C21H27NO. The van der Waals surface area contributed by atoms with Gasteiger partial charge in [-0.3, -0.25) is 0 Å². The van der Waals surface area contributed by atoms with E-state index in [2.05, 4.69) is 68.6 Å². The molecule has 0 saturated heterocycles. The highest BCUT2D eigenvalue weighted by molar-refractivity contribution is 5.85. The van der Waals surface area contributed by atoms with Gasteiger partial charge in [-0.15, -0.1) is 0 Å². The molecule has 0 amide bonds. The second-order valence-electron chi connectivity index (χ2n) is 8.27. The lowest BCUT2D eigenvalue weighted by atomic mass is 9.70. The van der Waals surface area contributed by atoms with Crippen LogP contribution in [0.4, 0.5) is 0 Å². The van der Waals surface area contributed by atoms with Crippen molar-refractivity contribution in [2.24, 2.45) is 16.7 Å². The van der Waals surface area contributed by atoms with Gasteiger partial charge in [-0.05, 0) is 40.5 Å². The molecular weight excluding hydrogens is 282 g/mol. The van der Waals surface area contributed by atoms with Crippen molar-refractivity contribution < 1.29 is 5.11 Å². The summed E-state index contributed by atoms with van der Waals surface area (Å²) in [6.45, 7) is 7.78. The average molecular weight is 309 g/mol. The fourth-order valence-electron chi connectivity index (χ4n) is 5.26. The minimum atomic E-state index is -0.244. The van der Waals surface area contributed by atoms with E-state index in [1.165, 1.54) is 22.8 Å². The number of fused-ring (bicyclic) bond motifs is 3. The van der Waals surface area contributed by atoms with E-state index in [9.17, 15) is 5.11 Å². The summed E-state index contributed by atoms with van der Waals surface area (Å²) in [5.41, 5.74) is 1.58. The molecule has 4 rings (SSSR count). The van der Waals surface area contributed by atoms with E-state index in [1.807, 2.05) is 0 Å². The summed E-state index contributed by atoms with van der Waals surface area (Å²) in [5, 5.41) is 17.2. The summed E-state index contributed by atoms with van der Waals surface area (Å²) in [6.07, 6.45) is 2.14. The molecule has 2 aliphatic carbocycles. The Bertz CT molecular complexity index is 732. The minimum absolute atomic E-state index is 0.0497. The molecule has 4 atom stereocenters. The van der Waals surface area contributed by atoms with Crippen LogP contribution in [0.3, 0.4) is 0 Å². The third-order valence-corrected chi connectivity index (χ3v) is 7.21. The molecule has 2 N–H and O–H groups in total. The van der Waals surface area contributed by atoms with E-state index >= 15 is 0 Å². The first-order valence-corrected chi connectivity index (χ1v) is 8.83. The molecule has 2 aromatic rings. The van der Waals surface area contributed by atoms with E-state index in [4.69, 9.17) is 0 Å². The SMILES string of the molecule is CC1(C)[C@@H]2CC[C@@]1(C)[C@H](O)[C@@H]2NCc1cccc2ccccc12. The summed E-state index contributed by atoms with van der Waals surface area (Å²) < 4.78 is 0. The van der Waals surface area contributed by atoms with Gasteiger partial charge in [0.2, 0.25) is 0 Å². The molecule has 0 aliphatic heterocycles. The van der Waals surface area contributed by atoms with Crippen LogP contribution >= 0.6 is 0 Å². The zero-order chi connectivity index (χ0) is 16.2. The smallest absolute Gasteiger partial charge is 0.0754 e. The second kappa shape index (κ2) is 5.06. The average Bonchev–Trinajstić information content (AvgIpc) is 2.86. The predicted molar refractivity (Wildman–Crippen MR) is 95.2 cm³/mol. The molecule has 122 valence electrons. The largest absolute Gasteiger partial charge is 0.391 e. The Kier molecular flexibility index (Phi) is 3.33. The van der Waals surface area contributed by atoms with Crippen molar-refractivity contribution in [3.63, 3.8) is 0 Å². The normalized spacial score (nSPS) is 35.0. The van der Waals surface area contributed by atoms with Crippen molar-refractivity contribution >= 4 is 10.8 Å². The zero-order valence-corrected chi connectivity index (χ0v) is 14.3. The molecule has 0 radical (unpaired) electrons. The monoisotopic (exact) mass is 309 g/mol. The quantitative estimate of drug-likeness (QED) is 0.894. The molecule has 2 nitrogen and oxygen atoms in total. The molecule has 23 heavy (non-hydrogen) atoms. The first kappa shape index (κ1) is 15.2. The van der Waals surface area contributed by atoms with Crippen molar-refractivity contribution in [1.82, 2.24) is 5.32 Å². The topological polar surface area (TPSA) is 32.3 Å². The third-order valence-electron chi connectivity index (χ3n) is 7.21. The number of aliphatic hydroxyl groups excluding tert-OH is 1. The van der Waals surface area contributed by atoms with Gasteiger partial charge in [-0.25, -0.2) is 0 Å². The first-order valence-electron chi connectivity index (χ1n) is 8.83. The predicted octanol–water partition coefficient (Wildman–Crippen LogP) is 4.12. The number of rotatable bonds is 3. The van der Waals surface area contributed by atoms with E-state index in [1.54, 1.807) is 0 Å². The van der Waals surface area contributed by atoms with Crippen LogP contribution in [0.1, 0.15) is 39.2 Å². The van der Waals surface area contributed by atoms with Crippen LogP contribution in [0.25, 0.3) is 10.8 Å². The summed E-state index contributed by atoms with van der Waals surface area (Å²) >= 11 is 0. The van der Waals surface area contributed by atoms with Crippen LogP contribution in [0.5, 0.6) is 0 Å². The molecule has 2 heteroatoms. The molecule has 0 aromatic heterocycles. The highest BCUT2D eigenvalue weighted by atomic mass is 16.3. The Balaban J connectivity index is 1.58. The Morgan fingerprint density at radius 1 is 1.09 bits per heavy atom. The molecule has 2 aliphatic rings. The molecule has 2 bridgehead atoms. The van der Waals surface area contributed by atoms with Gasteiger partial charge in [-0.1, -0.05) is 63.2 Å². The maximum atomic E-state index is 10.9. The fourth-order valence-corrected chi connectivity index (χ4v) is 5.26. The molecule has 2 aromatic carbocycles. The van der Waals surface area contributed by atoms with Gasteiger partial charge in [0.1, 0.15) is 0 Å². The number of hydrogen-bond donors (Lipinski definition) is 2. The van der Waals surface area contributed by atoms with Gasteiger partial charge in [0, 0.05) is 18.0 Å². The van der Waals surface area contributed by atoms with Gasteiger partial charge in [0.25, 0.3) is 0 Å². The number of benzene rings is 2. The highest BCUT2D eigenvalue weighted by Gasteiger charge is 2.65. The van der Waals surface area contributed by atoms with E-state index in [0.717, 1.165) is 13.0 Å². The Morgan fingerprint density at radius 2 is 1.83 bits per heavy atom. The molecule has 0 heterocycles. The lowest BCUT2D eigenvalue weighted by Crippen LogP contribution is -2.46. The van der Waals surface area contributed by atoms with Gasteiger partial charge in [0.15, 0.2) is 0 Å². The highest BCUT2D eigenvalue weighted by Crippen LogP contribution is 2.65. The number of nitrogens with one attached hydrogen (secondary N) is 1. The van der Waals surface area contributed by atoms with Crippen molar-refractivity contribution in [2.75, 3.05) is 0 Å². The lowest BCUT2D eigenvalue weighted by molar-refractivity contribution is -0.000161. The Labute approximate surface area is 138 Å². The Hall–Kier alpha value is -1.38. The third kappa shape index (κ3) is 2.01. The number of hydrogen-bond acceptors (Lipinski definition) is 2. The first-order chi connectivity index (χ1) is 10.9. The summed E-state index contributed by atoms with van der Waals surface area (Å²) in [5.74, 6) is 0.567. The standard InChI is InChI=1S/C21H27NO/c1-20(2)17-11-12-21(20,3)19(23)18(17)22-13-15-9-6-8-14-7-4-5-10-16(14)15/h4-10,17-19,22-23H,11-13H2,1-3H3/t17-,18-,19-,21+/m1/s1. The van der Waals surface area contributed by atoms with Crippen molar-refractivity contribution in [3.8, 4) is 0 Å². The summed E-state index contributed by atoms with van der Waals surface area (Å²) in [7, 11) is 0. The van der Waals surface area contributed by atoms with Gasteiger partial charge in [0.05, 0.1) is 6.10 Å². The van der Waals surface area contributed by atoms with E-state index < -0.39 is 0 Å².